The molecular formula is C29H36BN3O4. The number of hydrogen-bond acceptors (Lipinski definition) is 6. The van der Waals surface area contributed by atoms with Crippen molar-refractivity contribution in [1.82, 2.24) is 14.3 Å². The van der Waals surface area contributed by atoms with E-state index in [0.717, 1.165) is 72.7 Å². The second-order valence-corrected chi connectivity index (χ2v) is 9.94. The minimum Gasteiger partial charge on any atom is -0.497 e. The number of hydrogen-bond donors (Lipinski definition) is 0. The molecular weight excluding hydrogens is 465 g/mol. The van der Waals surface area contributed by atoms with Crippen LogP contribution in [0.5, 0.6) is 17.2 Å². The van der Waals surface area contributed by atoms with Gasteiger partial charge < -0.3 is 28.5 Å². The molecule has 0 radical (unpaired) electrons. The topological polar surface area (TPSA) is 56.2 Å². The fourth-order valence-corrected chi connectivity index (χ4v) is 5.49. The van der Waals surface area contributed by atoms with Crippen LogP contribution in [0, 0.1) is 0 Å². The van der Waals surface area contributed by atoms with Crippen LogP contribution >= 0.6 is 0 Å². The predicted octanol–water partition coefficient (Wildman–Crippen LogP) is 3.33. The van der Waals surface area contributed by atoms with E-state index in [2.05, 4.69) is 29.8 Å². The fraction of sp³-hybridized carbons (Fsp3) is 0.414. The van der Waals surface area contributed by atoms with E-state index < -0.39 is 0 Å². The third-order valence-corrected chi connectivity index (χ3v) is 7.56. The van der Waals surface area contributed by atoms with Gasteiger partial charge >= 0.3 is 0 Å². The highest BCUT2D eigenvalue weighted by molar-refractivity contribution is 6.04. The van der Waals surface area contributed by atoms with Crippen LogP contribution in [0.1, 0.15) is 30.9 Å². The van der Waals surface area contributed by atoms with Gasteiger partial charge in [0.05, 0.1) is 12.6 Å². The number of allylic oxidation sites excluding steroid dienone is 1. The van der Waals surface area contributed by atoms with Crippen LogP contribution in [0.25, 0.3) is 17.0 Å². The molecule has 3 heterocycles. The summed E-state index contributed by atoms with van der Waals surface area (Å²) in [6, 6.07) is 14.5. The van der Waals surface area contributed by atoms with Crippen molar-refractivity contribution in [2.45, 2.75) is 38.9 Å². The summed E-state index contributed by atoms with van der Waals surface area (Å²) in [5.74, 6) is 2.46. The Morgan fingerprint density at radius 1 is 1.05 bits per heavy atom. The Balaban J connectivity index is 1.20. The molecule has 0 N–H and O–H groups in total. The maximum absolute atomic E-state index is 13.1. The quantitative estimate of drug-likeness (QED) is 0.442. The summed E-state index contributed by atoms with van der Waals surface area (Å²) in [5, 5.41) is 1.07. The Hall–Kier alpha value is -3.23. The molecule has 0 amide bonds. The average molecular weight is 501 g/mol. The molecule has 37 heavy (non-hydrogen) atoms. The summed E-state index contributed by atoms with van der Waals surface area (Å²) < 4.78 is 18.7. The van der Waals surface area contributed by atoms with Gasteiger partial charge in [-0.15, -0.1) is 0 Å². The Kier molecular flexibility index (Phi) is 7.86. The van der Waals surface area contributed by atoms with Crippen LogP contribution < -0.4 is 19.8 Å². The molecule has 7 nitrogen and oxygen atoms in total. The van der Waals surface area contributed by atoms with Crippen LogP contribution in [0.4, 0.5) is 0 Å². The van der Waals surface area contributed by atoms with E-state index in [1.165, 1.54) is 5.56 Å². The maximum Gasteiger partial charge on any atom is 0.251 e. The number of ether oxygens (including phenoxy) is 3. The van der Waals surface area contributed by atoms with Crippen molar-refractivity contribution < 1.29 is 14.2 Å². The van der Waals surface area contributed by atoms with Gasteiger partial charge in [-0.05, 0) is 68.2 Å². The summed E-state index contributed by atoms with van der Waals surface area (Å²) in [7, 11) is 3.87. The molecule has 3 aromatic rings. The van der Waals surface area contributed by atoms with Crippen molar-refractivity contribution in [2.24, 2.45) is 0 Å². The van der Waals surface area contributed by atoms with E-state index in [4.69, 9.17) is 14.2 Å². The minimum absolute atomic E-state index is 0.0305. The van der Waals surface area contributed by atoms with Crippen LogP contribution in [-0.2, 0) is 13.1 Å². The molecule has 0 atom stereocenters. The molecule has 0 spiro atoms. The number of fused-ring (bicyclic) bond motifs is 2. The highest BCUT2D eigenvalue weighted by Gasteiger charge is 2.23. The van der Waals surface area contributed by atoms with Crippen LogP contribution in [0.3, 0.4) is 0 Å². The van der Waals surface area contributed by atoms with Gasteiger partial charge in [-0.2, -0.15) is 0 Å². The van der Waals surface area contributed by atoms with E-state index in [-0.39, 0.29) is 5.56 Å². The smallest absolute Gasteiger partial charge is 0.251 e. The molecule has 2 aromatic carbocycles. The van der Waals surface area contributed by atoms with Crippen molar-refractivity contribution in [3.8, 4) is 17.2 Å². The van der Waals surface area contributed by atoms with E-state index in [9.17, 15) is 4.79 Å². The largest absolute Gasteiger partial charge is 0.497 e. The van der Waals surface area contributed by atoms with Gasteiger partial charge in [-0.25, -0.2) is 0 Å². The number of rotatable bonds is 8. The molecule has 1 saturated heterocycles. The minimum atomic E-state index is 0.0305. The highest BCUT2D eigenvalue weighted by Crippen LogP contribution is 2.31. The average Bonchev–Trinajstić information content (AvgIpc) is 2.93. The first-order valence-electron chi connectivity index (χ1n) is 13.2. The third kappa shape index (κ3) is 5.70. The van der Waals surface area contributed by atoms with E-state index in [1.807, 2.05) is 47.9 Å². The predicted molar refractivity (Wildman–Crippen MR) is 150 cm³/mol. The SMILES string of the molecule is BN(Cc1ccc2c(c1)OCCO2)C1CCN(CCn2c(=O)cc(/C=C/C)c3ccc(OC)cc32)CC1. The van der Waals surface area contributed by atoms with Crippen molar-refractivity contribution in [3.63, 3.8) is 0 Å². The zero-order valence-electron chi connectivity index (χ0n) is 22.1. The number of aromatic nitrogens is 1. The van der Waals surface area contributed by atoms with Crippen LogP contribution in [0.15, 0.2) is 53.3 Å². The first-order valence-corrected chi connectivity index (χ1v) is 13.2. The van der Waals surface area contributed by atoms with Crippen LogP contribution in [-0.4, -0.2) is 68.3 Å². The maximum atomic E-state index is 13.1. The van der Waals surface area contributed by atoms with Gasteiger partial charge in [0.25, 0.3) is 5.56 Å². The first kappa shape index (κ1) is 25.4. The lowest BCUT2D eigenvalue weighted by molar-refractivity contribution is 0.153. The summed E-state index contributed by atoms with van der Waals surface area (Å²) in [5.41, 5.74) is 3.15. The summed E-state index contributed by atoms with van der Waals surface area (Å²) in [6.45, 7) is 7.67. The molecule has 0 bridgehead atoms. The molecule has 0 unspecified atom stereocenters. The Morgan fingerprint density at radius 3 is 2.59 bits per heavy atom. The molecule has 0 aliphatic carbocycles. The third-order valence-electron chi connectivity index (χ3n) is 7.56. The molecule has 5 rings (SSSR count). The van der Waals surface area contributed by atoms with Gasteiger partial charge in [0, 0.05) is 43.2 Å². The molecule has 2 aliphatic heterocycles. The number of nitrogens with zero attached hydrogens (tertiary/aromatic N) is 3. The van der Waals surface area contributed by atoms with E-state index in [1.54, 1.807) is 13.2 Å². The molecule has 1 aromatic heterocycles. The Bertz CT molecular complexity index is 1330. The fourth-order valence-electron chi connectivity index (χ4n) is 5.49. The van der Waals surface area contributed by atoms with Crippen molar-refractivity contribution in [1.29, 1.82) is 0 Å². The zero-order chi connectivity index (χ0) is 25.8. The highest BCUT2D eigenvalue weighted by atomic mass is 16.6. The second kappa shape index (κ2) is 11.4. The summed E-state index contributed by atoms with van der Waals surface area (Å²) in [4.78, 5) is 18.0. The molecule has 0 saturated carbocycles. The number of likely N-dealkylation sites (tertiary alicyclic amines) is 1. The standard InChI is InChI=1S/C29H36BN3O4/c1-3-4-22-18-29(34)32(26-19-24(35-2)6-7-25(22)26)14-13-31-11-9-23(10-12-31)33(30)20-21-5-8-27-28(17-21)37-16-15-36-27/h3-8,17-19,23H,9-16,20,30H2,1-2H3/b4-3+. The van der Waals surface area contributed by atoms with Crippen LogP contribution in [0.2, 0.25) is 0 Å². The Labute approximate surface area is 219 Å². The number of pyridine rings is 1. The number of methoxy groups -OCH3 is 1. The Morgan fingerprint density at radius 2 is 1.84 bits per heavy atom. The van der Waals surface area contributed by atoms with Crippen molar-refractivity contribution >= 4 is 25.0 Å². The van der Waals surface area contributed by atoms with Gasteiger partial charge in [0.2, 0.25) is 0 Å². The second-order valence-electron chi connectivity index (χ2n) is 9.94. The molecule has 2 aliphatic rings. The lowest BCUT2D eigenvalue weighted by atomic mass is 9.99. The van der Waals surface area contributed by atoms with Gasteiger partial charge in [-0.3, -0.25) is 4.79 Å². The lowest BCUT2D eigenvalue weighted by Crippen LogP contribution is -2.44. The molecule has 1 fully saturated rings. The van der Waals surface area contributed by atoms with E-state index >= 15 is 0 Å². The summed E-state index contributed by atoms with van der Waals surface area (Å²) in [6.07, 6.45) is 6.19. The van der Waals surface area contributed by atoms with E-state index in [0.29, 0.717) is 25.8 Å². The molecule has 8 heteroatoms. The zero-order valence-corrected chi connectivity index (χ0v) is 22.1. The lowest BCUT2D eigenvalue weighted by Gasteiger charge is -2.37. The number of piperidine rings is 1. The van der Waals surface area contributed by atoms with Gasteiger partial charge in [-0.1, -0.05) is 18.2 Å². The number of benzene rings is 2. The van der Waals surface area contributed by atoms with Crippen molar-refractivity contribution in [2.75, 3.05) is 40.0 Å². The summed E-state index contributed by atoms with van der Waals surface area (Å²) >= 11 is 0. The molecule has 194 valence electrons. The van der Waals surface area contributed by atoms with Crippen molar-refractivity contribution in [3.05, 3.63) is 70.0 Å². The monoisotopic (exact) mass is 501 g/mol. The van der Waals surface area contributed by atoms with Gasteiger partial charge in [0.1, 0.15) is 19.0 Å². The normalized spacial score (nSPS) is 16.6. The van der Waals surface area contributed by atoms with Gasteiger partial charge in [0.15, 0.2) is 19.5 Å². The first-order chi connectivity index (χ1) is 18.1.